The van der Waals surface area contributed by atoms with Crippen LogP contribution in [-0.4, -0.2) is 29.0 Å². The molecule has 0 aromatic heterocycles. The van der Waals surface area contributed by atoms with E-state index in [1.165, 1.54) is 12.1 Å². The van der Waals surface area contributed by atoms with E-state index < -0.39 is 10.6 Å². The van der Waals surface area contributed by atoms with Crippen LogP contribution >= 0.6 is 35.4 Å². The minimum Gasteiger partial charge on any atom is -0.455 e. The summed E-state index contributed by atoms with van der Waals surface area (Å²) in [5.74, 6) is 0.446. The highest BCUT2D eigenvalue weighted by molar-refractivity contribution is 7.80. The fourth-order valence-corrected chi connectivity index (χ4v) is 4.36. The Labute approximate surface area is 244 Å². The van der Waals surface area contributed by atoms with Crippen LogP contribution in [0.3, 0.4) is 0 Å². The average Bonchev–Trinajstić information content (AvgIpc) is 3.40. The van der Waals surface area contributed by atoms with E-state index in [2.05, 4.69) is 36.6 Å². The summed E-state index contributed by atoms with van der Waals surface area (Å²) in [6, 6.07) is 17.7. The monoisotopic (exact) mass is 600 g/mol. The van der Waals surface area contributed by atoms with E-state index in [1.807, 2.05) is 0 Å². The van der Waals surface area contributed by atoms with Gasteiger partial charge in [0.15, 0.2) is 5.11 Å². The van der Waals surface area contributed by atoms with Gasteiger partial charge in [-0.15, -0.1) is 10.2 Å². The molecule has 1 aliphatic heterocycles. The van der Waals surface area contributed by atoms with Gasteiger partial charge in [-0.25, -0.2) is 0 Å². The zero-order valence-electron chi connectivity index (χ0n) is 20.7. The summed E-state index contributed by atoms with van der Waals surface area (Å²) in [5.41, 5.74) is -0.298. The molecule has 0 fully saturated rings. The molecule has 0 unspecified atom stereocenters. The van der Waals surface area contributed by atoms with Crippen molar-refractivity contribution in [3.63, 3.8) is 0 Å². The van der Waals surface area contributed by atoms with Crippen molar-refractivity contribution in [3.05, 3.63) is 92.5 Å². The molecule has 15 heteroatoms. The van der Waals surface area contributed by atoms with Crippen LogP contribution in [-0.2, 0) is 10.5 Å². The summed E-state index contributed by atoms with van der Waals surface area (Å²) in [5, 5.41) is 36.3. The topological polar surface area (TPSA) is 155 Å². The molecule has 1 heterocycles. The molecule has 3 aromatic rings. The van der Waals surface area contributed by atoms with Gasteiger partial charge in [-0.2, -0.15) is 0 Å². The zero-order valence-corrected chi connectivity index (χ0v) is 23.0. The van der Waals surface area contributed by atoms with E-state index >= 15 is 0 Å². The molecule has 0 atom stereocenters. The maximum atomic E-state index is 12.9. The second kappa shape index (κ2) is 13.2. The quantitative estimate of drug-likeness (QED) is 0.0973. The Morgan fingerprint density at radius 1 is 0.975 bits per heavy atom. The van der Waals surface area contributed by atoms with Gasteiger partial charge in [0.2, 0.25) is 11.6 Å². The lowest BCUT2D eigenvalue weighted by Gasteiger charge is -2.22. The number of hydrogen-bond acceptors (Lipinski definition) is 9. The lowest BCUT2D eigenvalue weighted by atomic mass is 9.96. The van der Waals surface area contributed by atoms with Gasteiger partial charge in [-0.1, -0.05) is 41.4 Å². The van der Waals surface area contributed by atoms with Gasteiger partial charge in [0.1, 0.15) is 11.5 Å². The lowest BCUT2D eigenvalue weighted by molar-refractivity contribution is -0.384. The van der Waals surface area contributed by atoms with Crippen molar-refractivity contribution in [2.45, 2.75) is 18.5 Å². The molecule has 12 nitrogen and oxygen atoms in total. The van der Waals surface area contributed by atoms with E-state index in [0.717, 1.165) is 0 Å². The van der Waals surface area contributed by atoms with Gasteiger partial charge in [0, 0.05) is 41.5 Å². The first-order chi connectivity index (χ1) is 19.3. The number of nitro groups is 1. The van der Waals surface area contributed by atoms with Crippen molar-refractivity contribution >= 4 is 57.8 Å². The van der Waals surface area contributed by atoms with Crippen molar-refractivity contribution in [2.75, 3.05) is 18.4 Å². The number of hydrogen-bond donors (Lipinski definition) is 3. The van der Waals surface area contributed by atoms with Crippen LogP contribution in [0.2, 0.25) is 10.0 Å². The van der Waals surface area contributed by atoms with Crippen LogP contribution in [0.5, 0.6) is 11.5 Å². The predicted molar refractivity (Wildman–Crippen MR) is 154 cm³/mol. The Morgan fingerprint density at radius 3 is 2.38 bits per heavy atom. The molecule has 0 radical (unpaired) electrons. The Hall–Kier alpha value is -4.20. The minimum absolute atomic E-state index is 0.00976. The third-order valence-corrected chi connectivity index (χ3v) is 6.37. The Morgan fingerprint density at radius 2 is 1.68 bits per heavy atom. The van der Waals surface area contributed by atoms with Crippen molar-refractivity contribution in [1.29, 1.82) is 0 Å². The Balaban J connectivity index is 1.29. The standard InChI is InChI=1S/C25H22Cl2N8O4S/c26-16-6-11-22(20(27)14-16)39-21-5-2-1-4-19(21)25(31-33-34-32-25)15-23(36)28-12-3-13-29-24(40)30-17-7-9-18(10-8-17)35(37)38/h1-2,4-11,14H,3,12-13,15H2,(H,28,36)(H2,29,30,40). The highest BCUT2D eigenvalue weighted by atomic mass is 35.5. The molecule has 1 aliphatic rings. The van der Waals surface area contributed by atoms with Crippen LogP contribution in [0.1, 0.15) is 18.4 Å². The smallest absolute Gasteiger partial charge is 0.269 e. The van der Waals surface area contributed by atoms with Crippen LogP contribution in [0.4, 0.5) is 11.4 Å². The second-order valence-corrected chi connectivity index (χ2v) is 9.69. The van der Waals surface area contributed by atoms with E-state index in [1.54, 1.807) is 54.6 Å². The Kier molecular flexibility index (Phi) is 9.53. The number of nitrogens with one attached hydrogen (secondary N) is 3. The van der Waals surface area contributed by atoms with Crippen LogP contribution in [0.15, 0.2) is 87.4 Å². The molecule has 0 aliphatic carbocycles. The molecule has 0 spiro atoms. The number of halogens is 2. The van der Waals surface area contributed by atoms with Gasteiger partial charge in [0.25, 0.3) is 5.69 Å². The van der Waals surface area contributed by atoms with Crippen LogP contribution in [0.25, 0.3) is 0 Å². The molecule has 0 bridgehead atoms. The van der Waals surface area contributed by atoms with Crippen molar-refractivity contribution < 1.29 is 14.5 Å². The normalized spacial score (nSPS) is 13.1. The van der Waals surface area contributed by atoms with Gasteiger partial charge in [0.05, 0.1) is 16.4 Å². The fraction of sp³-hybridized carbons (Fsp3) is 0.200. The first-order valence-electron chi connectivity index (χ1n) is 11.9. The highest BCUT2D eigenvalue weighted by Gasteiger charge is 2.40. The number of nitro benzene ring substituents is 1. The zero-order chi connectivity index (χ0) is 28.5. The summed E-state index contributed by atoms with van der Waals surface area (Å²) in [6.07, 6.45) is 0.418. The molecular formula is C25H22Cl2N8O4S. The molecule has 1 amide bonds. The molecule has 3 N–H and O–H groups in total. The fourth-order valence-electron chi connectivity index (χ4n) is 3.69. The molecule has 0 saturated heterocycles. The number of amides is 1. The van der Waals surface area contributed by atoms with Gasteiger partial charge in [-0.3, -0.25) is 14.9 Å². The first-order valence-corrected chi connectivity index (χ1v) is 13.0. The number of para-hydroxylation sites is 1. The molecule has 40 heavy (non-hydrogen) atoms. The predicted octanol–water partition coefficient (Wildman–Crippen LogP) is 6.56. The molecule has 4 rings (SSSR count). The van der Waals surface area contributed by atoms with Gasteiger partial charge < -0.3 is 20.7 Å². The molecular weight excluding hydrogens is 579 g/mol. The van der Waals surface area contributed by atoms with E-state index in [0.29, 0.717) is 57.4 Å². The summed E-state index contributed by atoms with van der Waals surface area (Å²) < 4.78 is 6.03. The number of carbonyl (C=O) groups excluding carboxylic acids is 1. The summed E-state index contributed by atoms with van der Waals surface area (Å²) in [4.78, 5) is 23.1. The largest absolute Gasteiger partial charge is 0.455 e. The maximum absolute atomic E-state index is 12.9. The number of anilines is 1. The van der Waals surface area contributed by atoms with Gasteiger partial charge >= 0.3 is 0 Å². The molecule has 3 aromatic carbocycles. The van der Waals surface area contributed by atoms with E-state index in [9.17, 15) is 14.9 Å². The van der Waals surface area contributed by atoms with Gasteiger partial charge in [-0.05, 0) is 65.5 Å². The highest BCUT2D eigenvalue weighted by Crippen LogP contribution is 2.43. The van der Waals surface area contributed by atoms with Crippen molar-refractivity contribution in [2.24, 2.45) is 20.7 Å². The number of rotatable bonds is 11. The molecule has 206 valence electrons. The summed E-state index contributed by atoms with van der Waals surface area (Å²) >= 11 is 17.5. The first kappa shape index (κ1) is 28.8. The number of thiocarbonyl (C=S) groups is 1. The second-order valence-electron chi connectivity index (χ2n) is 8.43. The van der Waals surface area contributed by atoms with E-state index in [-0.39, 0.29) is 18.0 Å². The van der Waals surface area contributed by atoms with Crippen LogP contribution < -0.4 is 20.7 Å². The summed E-state index contributed by atoms with van der Waals surface area (Å²) in [7, 11) is 0. The van der Waals surface area contributed by atoms with E-state index in [4.69, 9.17) is 40.2 Å². The SMILES string of the molecule is O=C(CC1(c2ccccc2Oc2ccc(Cl)cc2Cl)N=NN=N1)NCCCNC(=S)Nc1ccc([N+](=O)[O-])cc1. The van der Waals surface area contributed by atoms with Crippen LogP contribution in [0, 0.1) is 10.1 Å². The third kappa shape index (κ3) is 7.46. The number of non-ortho nitro benzene ring substituents is 1. The minimum atomic E-state index is -1.39. The maximum Gasteiger partial charge on any atom is 0.269 e. The summed E-state index contributed by atoms with van der Waals surface area (Å²) in [6.45, 7) is 0.830. The van der Waals surface area contributed by atoms with Crippen molar-refractivity contribution in [1.82, 2.24) is 10.6 Å². The third-order valence-electron chi connectivity index (χ3n) is 5.60. The van der Waals surface area contributed by atoms with Crippen molar-refractivity contribution in [3.8, 4) is 11.5 Å². The number of ether oxygens (including phenoxy) is 1. The average molecular weight is 601 g/mol. The molecule has 0 saturated carbocycles. The number of nitrogens with zero attached hydrogens (tertiary/aromatic N) is 5. The lowest BCUT2D eigenvalue weighted by Crippen LogP contribution is -2.34. The number of benzene rings is 3. The number of carbonyl (C=O) groups is 1. The Bertz CT molecular complexity index is 1460.